The van der Waals surface area contributed by atoms with Crippen molar-refractivity contribution >= 4 is 11.6 Å². The van der Waals surface area contributed by atoms with Crippen molar-refractivity contribution in [2.45, 2.75) is 26.4 Å². The molecular formula is C14H20ClNO2. The second-order valence-electron chi connectivity index (χ2n) is 4.33. The highest BCUT2D eigenvalue weighted by atomic mass is 35.5. The summed E-state index contributed by atoms with van der Waals surface area (Å²) >= 11 is 5.67. The van der Waals surface area contributed by atoms with Crippen molar-refractivity contribution in [2.24, 2.45) is 0 Å². The van der Waals surface area contributed by atoms with Gasteiger partial charge < -0.3 is 14.8 Å². The van der Waals surface area contributed by atoms with Crippen molar-refractivity contribution in [3.8, 4) is 11.5 Å². The molecule has 0 bridgehead atoms. The van der Waals surface area contributed by atoms with Gasteiger partial charge in [-0.3, -0.25) is 0 Å². The Morgan fingerprint density at radius 1 is 1.39 bits per heavy atom. The predicted molar refractivity (Wildman–Crippen MR) is 75.5 cm³/mol. The molecule has 0 saturated heterocycles. The molecule has 0 aliphatic heterocycles. The first-order valence-electron chi connectivity index (χ1n) is 5.89. The summed E-state index contributed by atoms with van der Waals surface area (Å²) in [5.41, 5.74) is 1.15. The van der Waals surface area contributed by atoms with Gasteiger partial charge in [-0.2, -0.15) is 0 Å². The zero-order chi connectivity index (χ0) is 13.5. The van der Waals surface area contributed by atoms with Crippen molar-refractivity contribution in [1.82, 2.24) is 5.32 Å². The third-order valence-corrected chi connectivity index (χ3v) is 2.44. The standard InChI is InChI=1S/C14H20ClNO2/c1-10(2)16-8-12-5-6-13(14(7-12)17-4)18-9-11(3)15/h5-7,10,16H,3,8-9H2,1-2,4H3. The zero-order valence-corrected chi connectivity index (χ0v) is 11.9. The summed E-state index contributed by atoms with van der Waals surface area (Å²) < 4.78 is 10.8. The molecular weight excluding hydrogens is 250 g/mol. The van der Waals surface area contributed by atoms with Gasteiger partial charge in [0.2, 0.25) is 0 Å². The Morgan fingerprint density at radius 3 is 2.67 bits per heavy atom. The Kier molecular flexibility index (Phi) is 6.02. The molecule has 0 atom stereocenters. The lowest BCUT2D eigenvalue weighted by Gasteiger charge is -2.13. The molecule has 0 fully saturated rings. The van der Waals surface area contributed by atoms with Crippen LogP contribution in [-0.4, -0.2) is 19.8 Å². The maximum atomic E-state index is 5.67. The Balaban J connectivity index is 2.73. The summed E-state index contributed by atoms with van der Waals surface area (Å²) in [6.45, 7) is 8.89. The molecule has 1 N–H and O–H groups in total. The highest BCUT2D eigenvalue weighted by Crippen LogP contribution is 2.28. The SMILES string of the molecule is C=C(Cl)COc1ccc(CNC(C)C)cc1OC. The van der Waals surface area contributed by atoms with Gasteiger partial charge in [0.05, 0.1) is 7.11 Å². The Morgan fingerprint density at radius 2 is 2.11 bits per heavy atom. The van der Waals surface area contributed by atoms with Crippen LogP contribution in [0.2, 0.25) is 0 Å². The molecule has 0 aliphatic rings. The maximum Gasteiger partial charge on any atom is 0.161 e. The van der Waals surface area contributed by atoms with Gasteiger partial charge in [-0.25, -0.2) is 0 Å². The minimum absolute atomic E-state index is 0.279. The van der Waals surface area contributed by atoms with Crippen LogP contribution in [0.25, 0.3) is 0 Å². The molecule has 0 radical (unpaired) electrons. The van der Waals surface area contributed by atoms with Crippen LogP contribution in [0.5, 0.6) is 11.5 Å². The maximum absolute atomic E-state index is 5.67. The normalized spacial score (nSPS) is 10.5. The monoisotopic (exact) mass is 269 g/mol. The van der Waals surface area contributed by atoms with E-state index in [4.69, 9.17) is 21.1 Å². The summed E-state index contributed by atoms with van der Waals surface area (Å²) in [6, 6.07) is 6.30. The molecule has 0 unspecified atom stereocenters. The Labute approximate surface area is 114 Å². The van der Waals surface area contributed by atoms with Crippen molar-refractivity contribution < 1.29 is 9.47 Å². The van der Waals surface area contributed by atoms with Crippen LogP contribution in [0.3, 0.4) is 0 Å². The van der Waals surface area contributed by atoms with Gasteiger partial charge in [0, 0.05) is 17.6 Å². The molecule has 18 heavy (non-hydrogen) atoms. The summed E-state index contributed by atoms with van der Waals surface area (Å²) in [5, 5.41) is 3.81. The Bertz CT molecular complexity index is 405. The lowest BCUT2D eigenvalue weighted by atomic mass is 10.2. The van der Waals surface area contributed by atoms with Crippen LogP contribution < -0.4 is 14.8 Å². The first-order chi connectivity index (χ1) is 8.52. The number of hydrogen-bond donors (Lipinski definition) is 1. The number of nitrogens with one attached hydrogen (secondary N) is 1. The van der Waals surface area contributed by atoms with E-state index in [9.17, 15) is 0 Å². The fourth-order valence-corrected chi connectivity index (χ4v) is 1.47. The smallest absolute Gasteiger partial charge is 0.161 e. The number of benzene rings is 1. The van der Waals surface area contributed by atoms with Gasteiger partial charge in [0.1, 0.15) is 6.61 Å². The van der Waals surface area contributed by atoms with Crippen LogP contribution in [-0.2, 0) is 6.54 Å². The van der Waals surface area contributed by atoms with E-state index < -0.39 is 0 Å². The third-order valence-electron chi connectivity index (χ3n) is 2.33. The molecule has 4 heteroatoms. The average molecular weight is 270 g/mol. The van der Waals surface area contributed by atoms with Crippen LogP contribution >= 0.6 is 11.6 Å². The molecule has 1 aromatic rings. The van der Waals surface area contributed by atoms with E-state index in [1.807, 2.05) is 18.2 Å². The first kappa shape index (κ1) is 14.9. The van der Waals surface area contributed by atoms with Crippen LogP contribution in [0.1, 0.15) is 19.4 Å². The van der Waals surface area contributed by atoms with Crippen LogP contribution in [0.15, 0.2) is 29.8 Å². The fraction of sp³-hybridized carbons (Fsp3) is 0.429. The Hall–Kier alpha value is -1.19. The molecule has 0 aromatic heterocycles. The fourth-order valence-electron chi connectivity index (χ4n) is 1.42. The lowest BCUT2D eigenvalue weighted by Crippen LogP contribution is -2.21. The van der Waals surface area contributed by atoms with Gasteiger partial charge in [-0.1, -0.05) is 38.1 Å². The van der Waals surface area contributed by atoms with E-state index in [1.165, 1.54) is 0 Å². The van der Waals surface area contributed by atoms with Gasteiger partial charge >= 0.3 is 0 Å². The number of ether oxygens (including phenoxy) is 2. The van der Waals surface area contributed by atoms with Crippen LogP contribution in [0, 0.1) is 0 Å². The second kappa shape index (κ2) is 7.29. The second-order valence-corrected chi connectivity index (χ2v) is 4.86. The molecule has 0 spiro atoms. The van der Waals surface area contributed by atoms with E-state index in [0.717, 1.165) is 12.1 Å². The van der Waals surface area contributed by atoms with Crippen molar-refractivity contribution in [2.75, 3.05) is 13.7 Å². The number of hydrogen-bond acceptors (Lipinski definition) is 3. The highest BCUT2D eigenvalue weighted by Gasteiger charge is 2.06. The minimum Gasteiger partial charge on any atom is -0.493 e. The average Bonchev–Trinajstić information content (AvgIpc) is 2.34. The molecule has 1 aromatic carbocycles. The number of rotatable bonds is 7. The predicted octanol–water partition coefficient (Wildman–Crippen LogP) is 3.32. The van der Waals surface area contributed by atoms with E-state index >= 15 is 0 Å². The van der Waals surface area contributed by atoms with E-state index in [1.54, 1.807) is 7.11 Å². The summed E-state index contributed by atoms with van der Waals surface area (Å²) in [6.07, 6.45) is 0. The molecule has 0 amide bonds. The van der Waals surface area contributed by atoms with Crippen molar-refractivity contribution in [3.63, 3.8) is 0 Å². The molecule has 100 valence electrons. The van der Waals surface area contributed by atoms with Crippen molar-refractivity contribution in [3.05, 3.63) is 35.4 Å². The summed E-state index contributed by atoms with van der Waals surface area (Å²) in [4.78, 5) is 0. The van der Waals surface area contributed by atoms with Crippen LogP contribution in [0.4, 0.5) is 0 Å². The van der Waals surface area contributed by atoms with Gasteiger partial charge in [0.25, 0.3) is 0 Å². The minimum atomic E-state index is 0.279. The van der Waals surface area contributed by atoms with Crippen molar-refractivity contribution in [1.29, 1.82) is 0 Å². The van der Waals surface area contributed by atoms with E-state index in [-0.39, 0.29) is 6.61 Å². The molecule has 0 heterocycles. The summed E-state index contributed by atoms with van der Waals surface area (Å²) in [5.74, 6) is 1.38. The topological polar surface area (TPSA) is 30.5 Å². The highest BCUT2D eigenvalue weighted by molar-refractivity contribution is 6.29. The molecule has 3 nitrogen and oxygen atoms in total. The molecule has 1 rings (SSSR count). The zero-order valence-electron chi connectivity index (χ0n) is 11.1. The number of halogens is 1. The van der Waals surface area contributed by atoms with Gasteiger partial charge in [-0.15, -0.1) is 0 Å². The first-order valence-corrected chi connectivity index (χ1v) is 6.27. The van der Waals surface area contributed by atoms with Gasteiger partial charge in [-0.05, 0) is 17.7 Å². The van der Waals surface area contributed by atoms with Gasteiger partial charge in [0.15, 0.2) is 11.5 Å². The molecule has 0 saturated carbocycles. The third kappa shape index (κ3) is 4.98. The molecule has 0 aliphatic carbocycles. The van der Waals surface area contributed by atoms with E-state index in [2.05, 4.69) is 25.7 Å². The quantitative estimate of drug-likeness (QED) is 0.824. The summed E-state index contributed by atoms with van der Waals surface area (Å²) in [7, 11) is 1.62. The largest absolute Gasteiger partial charge is 0.493 e. The lowest BCUT2D eigenvalue weighted by molar-refractivity contribution is 0.323. The number of methoxy groups -OCH3 is 1. The van der Waals surface area contributed by atoms with E-state index in [0.29, 0.717) is 22.6 Å².